The van der Waals surface area contributed by atoms with Crippen LogP contribution in [0.3, 0.4) is 0 Å². The van der Waals surface area contributed by atoms with Gasteiger partial charge in [0.2, 0.25) is 6.23 Å². The van der Waals surface area contributed by atoms with Crippen molar-refractivity contribution in [3.8, 4) is 0 Å². The molecule has 6 nitrogen and oxygen atoms in total. The van der Waals surface area contributed by atoms with Gasteiger partial charge in [0.1, 0.15) is 0 Å². The van der Waals surface area contributed by atoms with Gasteiger partial charge in [-0.1, -0.05) is 0 Å². The van der Waals surface area contributed by atoms with Crippen LogP contribution in [-0.2, 0) is 4.79 Å². The topological polar surface area (TPSA) is 102 Å². The SMILES string of the molecule is O=C1C(O)=NC(O)=NC1O. The second kappa shape index (κ2) is 2.07. The number of nitrogens with zero attached hydrogens (tertiary/aromatic N) is 2. The molecule has 1 rings (SSSR count). The highest BCUT2D eigenvalue weighted by Gasteiger charge is 2.25. The normalized spacial score (nSPS) is 25.7. The summed E-state index contributed by atoms with van der Waals surface area (Å²) in [5.41, 5.74) is 0. The quantitative estimate of drug-likeness (QED) is 0.395. The van der Waals surface area contributed by atoms with Crippen molar-refractivity contribution >= 4 is 17.7 Å². The average Bonchev–Trinajstić information content (AvgIpc) is 1.82. The van der Waals surface area contributed by atoms with E-state index in [4.69, 9.17) is 15.3 Å². The molecule has 0 aromatic heterocycles. The molecule has 54 valence electrons. The fourth-order valence-electron chi connectivity index (χ4n) is 0.462. The van der Waals surface area contributed by atoms with Gasteiger partial charge in [-0.05, 0) is 0 Å². The first-order chi connectivity index (χ1) is 4.61. The molecule has 0 saturated carbocycles. The molecular formula is C4H4N2O4. The molecule has 0 aliphatic carbocycles. The summed E-state index contributed by atoms with van der Waals surface area (Å²) in [7, 11) is 0. The maximum Gasteiger partial charge on any atom is 0.315 e. The number of aliphatic hydroxyl groups is 3. The van der Waals surface area contributed by atoms with Crippen LogP contribution in [0, 0.1) is 0 Å². The maximum atomic E-state index is 10.4. The van der Waals surface area contributed by atoms with Crippen molar-refractivity contribution in [2.75, 3.05) is 0 Å². The Morgan fingerprint density at radius 3 is 2.50 bits per heavy atom. The summed E-state index contributed by atoms with van der Waals surface area (Å²) >= 11 is 0. The molecule has 3 N–H and O–H groups in total. The van der Waals surface area contributed by atoms with Crippen molar-refractivity contribution < 1.29 is 20.1 Å². The Kier molecular flexibility index (Phi) is 1.38. The van der Waals surface area contributed by atoms with Crippen LogP contribution in [0.4, 0.5) is 0 Å². The van der Waals surface area contributed by atoms with Crippen LogP contribution in [0.1, 0.15) is 0 Å². The van der Waals surface area contributed by atoms with Gasteiger partial charge in [-0.15, -0.1) is 0 Å². The highest BCUT2D eigenvalue weighted by molar-refractivity contribution is 6.39. The second-order valence-corrected chi connectivity index (χ2v) is 1.60. The van der Waals surface area contributed by atoms with Crippen molar-refractivity contribution in [2.45, 2.75) is 6.23 Å². The molecule has 0 fully saturated rings. The number of carbonyl (C=O) groups is 1. The van der Waals surface area contributed by atoms with E-state index < -0.39 is 23.9 Å². The molecule has 0 spiro atoms. The van der Waals surface area contributed by atoms with E-state index >= 15 is 0 Å². The lowest BCUT2D eigenvalue weighted by atomic mass is 10.3. The molecule has 1 heterocycles. The van der Waals surface area contributed by atoms with Gasteiger partial charge in [-0.25, -0.2) is 0 Å². The van der Waals surface area contributed by atoms with Crippen molar-refractivity contribution in [2.24, 2.45) is 9.98 Å². The molecule has 1 atom stereocenters. The average molecular weight is 144 g/mol. The van der Waals surface area contributed by atoms with Crippen molar-refractivity contribution in [1.29, 1.82) is 0 Å². The number of aliphatic hydroxyl groups excluding tert-OH is 3. The molecule has 10 heavy (non-hydrogen) atoms. The molecule has 1 aliphatic heterocycles. The monoisotopic (exact) mass is 144 g/mol. The van der Waals surface area contributed by atoms with Gasteiger partial charge in [0.25, 0.3) is 11.7 Å². The Balaban J connectivity index is 2.95. The number of Topliss-reactive ketones (excluding diaryl/α,β-unsaturated/α-hetero) is 1. The van der Waals surface area contributed by atoms with Gasteiger partial charge in [-0.3, -0.25) is 4.79 Å². The Bertz CT molecular complexity index is 231. The number of amidine groups is 1. The van der Waals surface area contributed by atoms with Gasteiger partial charge in [0, 0.05) is 0 Å². The summed E-state index contributed by atoms with van der Waals surface area (Å²) in [6.45, 7) is 0. The van der Waals surface area contributed by atoms with Crippen LogP contribution in [0.2, 0.25) is 0 Å². The van der Waals surface area contributed by atoms with Crippen LogP contribution in [0.5, 0.6) is 0 Å². The zero-order valence-electron chi connectivity index (χ0n) is 4.72. The van der Waals surface area contributed by atoms with Gasteiger partial charge in [0.05, 0.1) is 0 Å². The van der Waals surface area contributed by atoms with E-state index in [9.17, 15) is 4.79 Å². The minimum absolute atomic E-state index is 0.801. The van der Waals surface area contributed by atoms with Crippen LogP contribution in [-0.4, -0.2) is 39.3 Å². The first-order valence-electron chi connectivity index (χ1n) is 2.38. The van der Waals surface area contributed by atoms with Crippen LogP contribution in [0.25, 0.3) is 0 Å². The highest BCUT2D eigenvalue weighted by atomic mass is 16.3. The highest BCUT2D eigenvalue weighted by Crippen LogP contribution is 1.97. The molecular weight excluding hydrogens is 140 g/mol. The summed E-state index contributed by atoms with van der Waals surface area (Å²) in [4.78, 5) is 16.2. The van der Waals surface area contributed by atoms with Crippen LogP contribution < -0.4 is 0 Å². The third kappa shape index (κ3) is 0.960. The molecule has 0 saturated heterocycles. The number of hydrogen-bond donors (Lipinski definition) is 3. The standard InChI is InChI=1S/C4H4N2O4/c7-1-2(8)5-4(10)6-3(1)9/h2,8H,(H2,5,6,9,10). The van der Waals surface area contributed by atoms with E-state index in [-0.39, 0.29) is 0 Å². The lowest BCUT2D eigenvalue weighted by Crippen LogP contribution is -2.31. The first kappa shape index (κ1) is 6.69. The zero-order chi connectivity index (χ0) is 7.72. The predicted octanol–water partition coefficient (Wildman–Crippen LogP) is -1.24. The van der Waals surface area contributed by atoms with Gasteiger partial charge >= 0.3 is 6.02 Å². The predicted molar refractivity (Wildman–Crippen MR) is 31.1 cm³/mol. The Labute approximate surface area is 55.2 Å². The fourth-order valence-corrected chi connectivity index (χ4v) is 0.462. The smallest absolute Gasteiger partial charge is 0.315 e. The molecule has 0 aromatic rings. The second-order valence-electron chi connectivity index (χ2n) is 1.60. The van der Waals surface area contributed by atoms with E-state index in [0.717, 1.165) is 0 Å². The molecule has 6 heteroatoms. The number of rotatable bonds is 0. The van der Waals surface area contributed by atoms with Gasteiger partial charge < -0.3 is 15.3 Å². The molecule has 1 aliphatic rings. The Morgan fingerprint density at radius 1 is 1.40 bits per heavy atom. The maximum absolute atomic E-state index is 10.4. The summed E-state index contributed by atoms with van der Waals surface area (Å²) in [6, 6.07) is -0.801. The van der Waals surface area contributed by atoms with E-state index in [1.54, 1.807) is 0 Å². The Morgan fingerprint density at radius 2 is 2.00 bits per heavy atom. The molecule has 0 aromatic carbocycles. The molecule has 0 bridgehead atoms. The fraction of sp³-hybridized carbons (Fsp3) is 0.250. The summed E-state index contributed by atoms with van der Waals surface area (Å²) in [6.07, 6.45) is -1.72. The minimum atomic E-state index is -1.72. The first-order valence-corrected chi connectivity index (χ1v) is 2.38. The van der Waals surface area contributed by atoms with E-state index in [1.807, 2.05) is 0 Å². The number of aliphatic imine (C=N–C) groups is 2. The Hall–Kier alpha value is -1.43. The summed E-state index contributed by atoms with van der Waals surface area (Å²) in [5.74, 6) is -1.95. The van der Waals surface area contributed by atoms with Gasteiger partial charge in [-0.2, -0.15) is 9.98 Å². The number of carbonyl (C=O) groups excluding carboxylic acids is 1. The van der Waals surface area contributed by atoms with E-state index in [0.29, 0.717) is 0 Å². The summed E-state index contributed by atoms with van der Waals surface area (Å²) in [5, 5.41) is 25.6. The third-order valence-corrected chi connectivity index (χ3v) is 0.899. The molecule has 0 radical (unpaired) electrons. The van der Waals surface area contributed by atoms with Crippen LogP contribution >= 0.6 is 0 Å². The summed E-state index contributed by atoms with van der Waals surface area (Å²) < 4.78 is 0. The van der Waals surface area contributed by atoms with Crippen molar-refractivity contribution in [3.05, 3.63) is 0 Å². The van der Waals surface area contributed by atoms with E-state index in [1.165, 1.54) is 0 Å². The van der Waals surface area contributed by atoms with E-state index in [2.05, 4.69) is 9.98 Å². The lowest BCUT2D eigenvalue weighted by molar-refractivity contribution is -0.121. The lowest BCUT2D eigenvalue weighted by Gasteiger charge is -2.06. The van der Waals surface area contributed by atoms with Crippen molar-refractivity contribution in [1.82, 2.24) is 0 Å². The zero-order valence-corrected chi connectivity index (χ0v) is 4.72. The minimum Gasteiger partial charge on any atom is -0.491 e. The molecule has 1 unspecified atom stereocenters. The largest absolute Gasteiger partial charge is 0.491 e. The number of hydrogen-bond acceptors (Lipinski definition) is 4. The third-order valence-electron chi connectivity index (χ3n) is 0.899. The van der Waals surface area contributed by atoms with Crippen LogP contribution in [0.15, 0.2) is 9.98 Å². The van der Waals surface area contributed by atoms with Crippen molar-refractivity contribution in [3.63, 3.8) is 0 Å². The molecule has 0 amide bonds. The van der Waals surface area contributed by atoms with Gasteiger partial charge in [0.15, 0.2) is 0 Å². The number of ketones is 1.